The van der Waals surface area contributed by atoms with Crippen LogP contribution in [0.15, 0.2) is 30.3 Å². The van der Waals surface area contributed by atoms with Crippen molar-refractivity contribution in [3.05, 3.63) is 41.5 Å². The molecule has 0 aromatic heterocycles. The Labute approximate surface area is 194 Å². The van der Waals surface area contributed by atoms with E-state index in [0.717, 1.165) is 16.7 Å². The molecule has 33 heavy (non-hydrogen) atoms. The van der Waals surface area contributed by atoms with E-state index in [9.17, 15) is 4.79 Å². The minimum atomic E-state index is 0.0215. The topological polar surface area (TPSA) is 75.7 Å². The number of hydrogen-bond donors (Lipinski definition) is 0. The van der Waals surface area contributed by atoms with Crippen molar-refractivity contribution in [1.82, 2.24) is 4.90 Å². The highest BCUT2D eigenvalue weighted by molar-refractivity contribution is 5.82. The van der Waals surface area contributed by atoms with Crippen LogP contribution < -0.4 is 28.4 Å². The molecule has 0 aliphatic carbocycles. The number of rotatable bonds is 9. The Kier molecular flexibility index (Phi) is 7.92. The molecule has 0 saturated heterocycles. The monoisotopic (exact) mass is 457 g/mol. The molecule has 1 amide bonds. The molecule has 178 valence electrons. The molecule has 2 aromatic rings. The summed E-state index contributed by atoms with van der Waals surface area (Å²) in [6, 6.07) is 7.27. The zero-order valence-electron chi connectivity index (χ0n) is 20.0. The van der Waals surface area contributed by atoms with Crippen molar-refractivity contribution < 1.29 is 33.2 Å². The lowest BCUT2D eigenvalue weighted by Crippen LogP contribution is -2.35. The number of carbonyl (C=O) groups excluding carboxylic acids is 1. The smallest absolute Gasteiger partial charge is 0.227 e. The number of methoxy groups -OCH3 is 6. The van der Waals surface area contributed by atoms with Crippen LogP contribution in [0.3, 0.4) is 0 Å². The van der Waals surface area contributed by atoms with E-state index >= 15 is 0 Å². The summed E-state index contributed by atoms with van der Waals surface area (Å²) in [5.41, 5.74) is 2.75. The number of benzene rings is 2. The van der Waals surface area contributed by atoms with E-state index in [1.54, 1.807) is 54.8 Å². The maximum atomic E-state index is 13.0. The van der Waals surface area contributed by atoms with Crippen molar-refractivity contribution in [3.8, 4) is 34.5 Å². The molecule has 0 fully saturated rings. The van der Waals surface area contributed by atoms with Crippen molar-refractivity contribution in [2.45, 2.75) is 12.8 Å². The van der Waals surface area contributed by atoms with Crippen LogP contribution in [0.1, 0.15) is 17.5 Å². The Balaban J connectivity index is 1.79. The molecule has 1 heterocycles. The van der Waals surface area contributed by atoms with Gasteiger partial charge in [0.1, 0.15) is 17.2 Å². The number of ether oxygens (including phenoxy) is 6. The zero-order chi connectivity index (χ0) is 24.0. The fourth-order valence-electron chi connectivity index (χ4n) is 3.97. The normalized spacial score (nSPS) is 13.2. The fraction of sp³-hybridized carbons (Fsp3) is 0.400. The minimum Gasteiger partial charge on any atom is -0.496 e. The molecule has 0 saturated carbocycles. The highest BCUT2D eigenvalue weighted by atomic mass is 16.5. The lowest BCUT2D eigenvalue weighted by Gasteiger charge is -2.28. The van der Waals surface area contributed by atoms with Crippen LogP contribution in [0.25, 0.3) is 5.57 Å². The van der Waals surface area contributed by atoms with Gasteiger partial charge in [-0.2, -0.15) is 0 Å². The standard InChI is InChI=1S/C25H31NO7/c1-28-18-14-19(29-2)24(20(15-18)30-3)17-7-9-26(10-8-17)23(27)13-16-11-21(31-4)25(33-6)22(12-16)32-5/h7,11-12,14-15H,8-10,13H2,1-6H3. The number of nitrogens with zero attached hydrogens (tertiary/aromatic N) is 1. The summed E-state index contributed by atoms with van der Waals surface area (Å²) in [4.78, 5) is 14.8. The fourth-order valence-corrected chi connectivity index (χ4v) is 3.97. The van der Waals surface area contributed by atoms with Gasteiger partial charge in [0.05, 0.1) is 54.6 Å². The molecule has 3 rings (SSSR count). The summed E-state index contributed by atoms with van der Waals surface area (Å²) in [7, 11) is 9.51. The third kappa shape index (κ3) is 5.10. The van der Waals surface area contributed by atoms with Gasteiger partial charge in [-0.25, -0.2) is 0 Å². The SMILES string of the molecule is COc1cc(OC)c(C2=CCN(C(=O)Cc3cc(OC)c(OC)c(OC)c3)CC2)c(OC)c1. The van der Waals surface area contributed by atoms with E-state index in [-0.39, 0.29) is 12.3 Å². The van der Waals surface area contributed by atoms with Crippen molar-refractivity contribution in [2.75, 3.05) is 55.7 Å². The maximum Gasteiger partial charge on any atom is 0.227 e. The second-order valence-electron chi connectivity index (χ2n) is 7.44. The lowest BCUT2D eigenvalue weighted by molar-refractivity contribution is -0.130. The van der Waals surface area contributed by atoms with Crippen molar-refractivity contribution in [1.29, 1.82) is 0 Å². The van der Waals surface area contributed by atoms with Gasteiger partial charge in [0, 0.05) is 25.2 Å². The van der Waals surface area contributed by atoms with Gasteiger partial charge < -0.3 is 33.3 Å². The van der Waals surface area contributed by atoms with Crippen LogP contribution >= 0.6 is 0 Å². The van der Waals surface area contributed by atoms with Gasteiger partial charge in [0.15, 0.2) is 11.5 Å². The molecule has 8 heteroatoms. The third-order valence-electron chi connectivity index (χ3n) is 5.68. The molecule has 0 spiro atoms. The van der Waals surface area contributed by atoms with Crippen LogP contribution in [-0.2, 0) is 11.2 Å². The van der Waals surface area contributed by atoms with Gasteiger partial charge >= 0.3 is 0 Å². The van der Waals surface area contributed by atoms with Crippen LogP contribution in [0.2, 0.25) is 0 Å². The highest BCUT2D eigenvalue weighted by Gasteiger charge is 2.24. The van der Waals surface area contributed by atoms with E-state index in [2.05, 4.69) is 0 Å². The van der Waals surface area contributed by atoms with Crippen molar-refractivity contribution >= 4 is 11.5 Å². The molecule has 1 aliphatic heterocycles. The van der Waals surface area contributed by atoms with E-state index in [0.29, 0.717) is 54.0 Å². The predicted molar refractivity (Wildman–Crippen MR) is 125 cm³/mol. The Morgan fingerprint density at radius 3 is 1.79 bits per heavy atom. The highest BCUT2D eigenvalue weighted by Crippen LogP contribution is 2.41. The van der Waals surface area contributed by atoms with Crippen molar-refractivity contribution in [3.63, 3.8) is 0 Å². The molecular formula is C25H31NO7. The zero-order valence-corrected chi connectivity index (χ0v) is 20.0. The van der Waals surface area contributed by atoms with E-state index < -0.39 is 0 Å². The molecule has 2 aromatic carbocycles. The van der Waals surface area contributed by atoms with Crippen molar-refractivity contribution in [2.24, 2.45) is 0 Å². The van der Waals surface area contributed by atoms with Crippen LogP contribution in [0, 0.1) is 0 Å². The maximum absolute atomic E-state index is 13.0. The van der Waals surface area contributed by atoms with Gasteiger partial charge in [0.25, 0.3) is 0 Å². The Morgan fingerprint density at radius 2 is 1.36 bits per heavy atom. The predicted octanol–water partition coefficient (Wildman–Crippen LogP) is 3.60. The van der Waals surface area contributed by atoms with E-state index in [4.69, 9.17) is 28.4 Å². The molecule has 8 nitrogen and oxygen atoms in total. The van der Waals surface area contributed by atoms with Gasteiger partial charge in [-0.15, -0.1) is 0 Å². The van der Waals surface area contributed by atoms with Gasteiger partial charge in [-0.05, 0) is 29.7 Å². The molecule has 0 radical (unpaired) electrons. The summed E-state index contributed by atoms with van der Waals surface area (Å²) in [6.45, 7) is 1.09. The minimum absolute atomic E-state index is 0.0215. The van der Waals surface area contributed by atoms with E-state index in [1.165, 1.54) is 0 Å². The molecule has 0 N–H and O–H groups in total. The summed E-state index contributed by atoms with van der Waals surface area (Å²) in [6.07, 6.45) is 2.96. The summed E-state index contributed by atoms with van der Waals surface area (Å²) >= 11 is 0. The molecule has 0 atom stereocenters. The second kappa shape index (κ2) is 10.8. The molecular weight excluding hydrogens is 426 g/mol. The Bertz CT molecular complexity index is 981. The first-order valence-electron chi connectivity index (χ1n) is 10.6. The molecule has 1 aliphatic rings. The van der Waals surface area contributed by atoms with Gasteiger partial charge in [0.2, 0.25) is 11.7 Å². The second-order valence-corrected chi connectivity index (χ2v) is 7.44. The summed E-state index contributed by atoms with van der Waals surface area (Å²) in [5.74, 6) is 3.59. The Hall–Kier alpha value is -3.55. The average molecular weight is 458 g/mol. The lowest BCUT2D eigenvalue weighted by atomic mass is 9.96. The molecule has 0 bridgehead atoms. The van der Waals surface area contributed by atoms with Gasteiger partial charge in [-0.1, -0.05) is 6.08 Å². The van der Waals surface area contributed by atoms with Crippen LogP contribution in [0.5, 0.6) is 34.5 Å². The first-order chi connectivity index (χ1) is 16.0. The number of hydrogen-bond acceptors (Lipinski definition) is 7. The van der Waals surface area contributed by atoms with E-state index in [1.807, 2.05) is 23.1 Å². The van der Waals surface area contributed by atoms with Crippen LogP contribution in [-0.4, -0.2) is 66.6 Å². The third-order valence-corrected chi connectivity index (χ3v) is 5.68. The summed E-state index contributed by atoms with van der Waals surface area (Å²) < 4.78 is 32.7. The van der Waals surface area contributed by atoms with Gasteiger partial charge in [-0.3, -0.25) is 4.79 Å². The average Bonchev–Trinajstić information content (AvgIpc) is 2.86. The largest absolute Gasteiger partial charge is 0.496 e. The first kappa shape index (κ1) is 24.1. The summed E-state index contributed by atoms with van der Waals surface area (Å²) in [5, 5.41) is 0. The van der Waals surface area contributed by atoms with Crippen LogP contribution in [0.4, 0.5) is 0 Å². The molecule has 0 unspecified atom stereocenters. The number of amides is 1. The number of carbonyl (C=O) groups is 1. The quantitative estimate of drug-likeness (QED) is 0.570. The Morgan fingerprint density at radius 1 is 0.788 bits per heavy atom. The first-order valence-corrected chi connectivity index (χ1v) is 10.6.